The number of hydrogen-bond donors (Lipinski definition) is 0. The molecule has 0 aliphatic carbocycles. The van der Waals surface area contributed by atoms with Gasteiger partial charge >= 0.3 is 0 Å². The van der Waals surface area contributed by atoms with Gasteiger partial charge in [-0.25, -0.2) is 0 Å². The van der Waals surface area contributed by atoms with Crippen molar-refractivity contribution in [3.05, 3.63) is 0 Å². The van der Waals surface area contributed by atoms with Gasteiger partial charge in [-0.3, -0.25) is 0 Å². The van der Waals surface area contributed by atoms with Gasteiger partial charge in [0.1, 0.15) is 0 Å². The zero-order valence-electron chi connectivity index (χ0n) is 14.3. The Labute approximate surface area is 117 Å². The maximum atomic E-state index is 2.51. The Morgan fingerprint density at radius 1 is 0.889 bits per heavy atom. The second-order valence-electron chi connectivity index (χ2n) is 7.15. The lowest BCUT2D eigenvalue weighted by molar-refractivity contribution is 0.132. The lowest BCUT2D eigenvalue weighted by Gasteiger charge is -2.37. The summed E-state index contributed by atoms with van der Waals surface area (Å²) in [5.41, 5.74) is 0.551. The molecule has 0 heteroatoms. The van der Waals surface area contributed by atoms with E-state index in [9.17, 15) is 0 Å². The van der Waals surface area contributed by atoms with Crippen LogP contribution in [0.15, 0.2) is 0 Å². The van der Waals surface area contributed by atoms with E-state index in [1.807, 2.05) is 0 Å². The van der Waals surface area contributed by atoms with Crippen molar-refractivity contribution in [2.45, 2.75) is 87.5 Å². The third kappa shape index (κ3) is 4.94. The molecule has 4 unspecified atom stereocenters. The van der Waals surface area contributed by atoms with Crippen LogP contribution in [0.3, 0.4) is 0 Å². The summed E-state index contributed by atoms with van der Waals surface area (Å²) in [7, 11) is 0. The first-order valence-electron chi connectivity index (χ1n) is 8.32. The Balaban J connectivity index is 4.57. The van der Waals surface area contributed by atoms with Crippen molar-refractivity contribution in [1.29, 1.82) is 0 Å². The molecule has 0 N–H and O–H groups in total. The summed E-state index contributed by atoms with van der Waals surface area (Å²) >= 11 is 0. The molecule has 0 rings (SSSR count). The monoisotopic (exact) mass is 254 g/mol. The smallest absolute Gasteiger partial charge is 0.0303 e. The molecule has 0 nitrogen and oxygen atoms in total. The van der Waals surface area contributed by atoms with Crippen molar-refractivity contribution < 1.29 is 0 Å². The van der Waals surface area contributed by atoms with E-state index in [0.717, 1.165) is 23.7 Å². The summed E-state index contributed by atoms with van der Waals surface area (Å²) in [5, 5.41) is 0. The van der Waals surface area contributed by atoms with Crippen LogP contribution in [0.2, 0.25) is 0 Å². The quantitative estimate of drug-likeness (QED) is 0.438. The highest BCUT2D eigenvalue weighted by molar-refractivity contribution is 4.81. The first-order valence-corrected chi connectivity index (χ1v) is 8.32. The van der Waals surface area contributed by atoms with Gasteiger partial charge in [0, 0.05) is 0 Å². The van der Waals surface area contributed by atoms with Crippen molar-refractivity contribution in [1.82, 2.24) is 0 Å². The Morgan fingerprint density at radius 2 is 1.44 bits per heavy atom. The summed E-state index contributed by atoms with van der Waals surface area (Å²) in [6.07, 6.45) is 6.80. The summed E-state index contributed by atoms with van der Waals surface area (Å²) in [4.78, 5) is 0. The Hall–Kier alpha value is 0. The molecule has 0 aliphatic heterocycles. The second kappa shape index (κ2) is 8.23. The van der Waals surface area contributed by atoms with Crippen LogP contribution >= 0.6 is 0 Å². The van der Waals surface area contributed by atoms with Crippen LogP contribution in [0.25, 0.3) is 0 Å². The van der Waals surface area contributed by atoms with Gasteiger partial charge in [-0.2, -0.15) is 0 Å². The van der Waals surface area contributed by atoms with Crippen molar-refractivity contribution in [3.8, 4) is 0 Å². The SMILES string of the molecule is CCC(C)C(CCC(C)(CC)C(C)CC)C(C)C. The molecular formula is C18H38. The molecule has 0 aromatic heterocycles. The minimum atomic E-state index is 0.551. The highest BCUT2D eigenvalue weighted by Crippen LogP contribution is 2.41. The average Bonchev–Trinajstić information content (AvgIpc) is 2.36. The van der Waals surface area contributed by atoms with Crippen molar-refractivity contribution in [2.24, 2.45) is 29.1 Å². The lowest BCUT2D eigenvalue weighted by Crippen LogP contribution is -2.27. The normalized spacial score (nSPS) is 20.5. The maximum Gasteiger partial charge on any atom is -0.0303 e. The third-order valence-corrected chi connectivity index (χ3v) is 5.89. The fourth-order valence-corrected chi connectivity index (χ4v) is 3.34. The largest absolute Gasteiger partial charge is 0.0651 e. The Morgan fingerprint density at radius 3 is 1.78 bits per heavy atom. The molecule has 0 fully saturated rings. The molecule has 0 saturated carbocycles. The molecule has 0 aromatic carbocycles. The van der Waals surface area contributed by atoms with Crippen LogP contribution in [0.4, 0.5) is 0 Å². The fraction of sp³-hybridized carbons (Fsp3) is 1.00. The van der Waals surface area contributed by atoms with Gasteiger partial charge in [0.15, 0.2) is 0 Å². The highest BCUT2D eigenvalue weighted by Gasteiger charge is 2.30. The van der Waals surface area contributed by atoms with Crippen molar-refractivity contribution in [3.63, 3.8) is 0 Å². The van der Waals surface area contributed by atoms with Gasteiger partial charge in [0.05, 0.1) is 0 Å². The van der Waals surface area contributed by atoms with E-state index in [-0.39, 0.29) is 0 Å². The molecule has 0 aliphatic rings. The van der Waals surface area contributed by atoms with Crippen LogP contribution in [0, 0.1) is 29.1 Å². The van der Waals surface area contributed by atoms with Crippen molar-refractivity contribution in [2.75, 3.05) is 0 Å². The third-order valence-electron chi connectivity index (χ3n) is 5.89. The van der Waals surface area contributed by atoms with Crippen LogP contribution in [-0.2, 0) is 0 Å². The van der Waals surface area contributed by atoms with E-state index < -0.39 is 0 Å². The molecule has 0 heterocycles. The molecule has 0 radical (unpaired) electrons. The minimum absolute atomic E-state index is 0.551. The maximum absolute atomic E-state index is 2.51. The zero-order valence-corrected chi connectivity index (χ0v) is 14.3. The van der Waals surface area contributed by atoms with Gasteiger partial charge in [-0.05, 0) is 41.9 Å². The van der Waals surface area contributed by atoms with E-state index in [1.54, 1.807) is 0 Å². The molecule has 110 valence electrons. The van der Waals surface area contributed by atoms with E-state index in [4.69, 9.17) is 0 Å². The lowest BCUT2D eigenvalue weighted by atomic mass is 9.68. The highest BCUT2D eigenvalue weighted by atomic mass is 14.4. The molecular weight excluding hydrogens is 216 g/mol. The molecule has 0 spiro atoms. The van der Waals surface area contributed by atoms with Gasteiger partial charge in [0.25, 0.3) is 0 Å². The van der Waals surface area contributed by atoms with Gasteiger partial charge in [0.2, 0.25) is 0 Å². The average molecular weight is 255 g/mol. The number of rotatable bonds is 9. The van der Waals surface area contributed by atoms with Gasteiger partial charge in [-0.1, -0.05) is 74.7 Å². The molecule has 0 bridgehead atoms. The minimum Gasteiger partial charge on any atom is -0.0651 e. The van der Waals surface area contributed by atoms with Gasteiger partial charge in [-0.15, -0.1) is 0 Å². The summed E-state index contributed by atoms with van der Waals surface area (Å²) < 4.78 is 0. The summed E-state index contributed by atoms with van der Waals surface area (Å²) in [5.74, 6) is 3.47. The predicted molar refractivity (Wildman–Crippen MR) is 84.9 cm³/mol. The van der Waals surface area contributed by atoms with Crippen LogP contribution in [0.5, 0.6) is 0 Å². The molecule has 0 aromatic rings. The Bertz CT molecular complexity index is 206. The number of hydrogen-bond acceptors (Lipinski definition) is 0. The Kier molecular flexibility index (Phi) is 8.23. The topological polar surface area (TPSA) is 0 Å². The van der Waals surface area contributed by atoms with E-state index in [2.05, 4.69) is 55.4 Å². The molecule has 18 heavy (non-hydrogen) atoms. The van der Waals surface area contributed by atoms with Crippen molar-refractivity contribution >= 4 is 0 Å². The standard InChI is InChI=1S/C18H38/c1-9-15(6)17(14(4)5)12-13-18(8,11-3)16(7)10-2/h14-17H,9-13H2,1-8H3. The van der Waals surface area contributed by atoms with Crippen LogP contribution < -0.4 is 0 Å². The van der Waals surface area contributed by atoms with Gasteiger partial charge < -0.3 is 0 Å². The zero-order chi connectivity index (χ0) is 14.3. The van der Waals surface area contributed by atoms with Crippen LogP contribution in [0.1, 0.15) is 87.5 Å². The first kappa shape index (κ1) is 18.0. The predicted octanol–water partition coefficient (Wildman–Crippen LogP) is 6.55. The molecule has 0 saturated heterocycles. The molecule has 0 amide bonds. The molecule has 4 atom stereocenters. The van der Waals surface area contributed by atoms with E-state index >= 15 is 0 Å². The van der Waals surface area contributed by atoms with Crippen LogP contribution in [-0.4, -0.2) is 0 Å². The van der Waals surface area contributed by atoms with E-state index in [0.29, 0.717) is 5.41 Å². The summed E-state index contributed by atoms with van der Waals surface area (Å²) in [6, 6.07) is 0. The first-order chi connectivity index (χ1) is 8.32. The second-order valence-corrected chi connectivity index (χ2v) is 7.15. The summed E-state index contributed by atoms with van der Waals surface area (Å²) in [6.45, 7) is 19.3. The fourth-order valence-electron chi connectivity index (χ4n) is 3.34. The van der Waals surface area contributed by atoms with E-state index in [1.165, 1.54) is 32.1 Å².